The Morgan fingerprint density at radius 2 is 2.08 bits per heavy atom. The van der Waals surface area contributed by atoms with Crippen LogP contribution in [0.3, 0.4) is 0 Å². The highest BCUT2D eigenvalue weighted by Crippen LogP contribution is 2.34. The van der Waals surface area contributed by atoms with Gasteiger partial charge in [-0.05, 0) is 13.0 Å². The highest BCUT2D eigenvalue weighted by Gasteiger charge is 2.15. The number of nitrogens with one attached hydrogen (secondary N) is 1. The molecule has 0 spiro atoms. The Kier molecular flexibility index (Phi) is 4.73. The zero-order valence-corrected chi connectivity index (χ0v) is 14.3. The lowest BCUT2D eigenvalue weighted by molar-refractivity contribution is 1.11. The lowest BCUT2D eigenvalue weighted by Crippen LogP contribution is -2.13. The minimum atomic E-state index is 0.526. The molecule has 3 aromatic rings. The first-order valence-corrected chi connectivity index (χ1v) is 8.49. The number of nitrogens with zero attached hydrogens (tertiary/aromatic N) is 4. The molecule has 2 heterocycles. The number of pyridine rings is 1. The second-order valence-corrected chi connectivity index (χ2v) is 6.01. The molecular weight excluding hydrogens is 318 g/mol. The van der Waals surface area contributed by atoms with Crippen LogP contribution >= 0.6 is 11.3 Å². The molecule has 0 unspecified atom stereocenters. The summed E-state index contributed by atoms with van der Waals surface area (Å²) in [5.41, 5.74) is 3.39. The number of hydrogen-bond acceptors (Lipinski definition) is 6. The van der Waals surface area contributed by atoms with Gasteiger partial charge in [0.2, 0.25) is 0 Å². The number of aromatic nitrogens is 2. The molecule has 2 aromatic heterocycles. The first kappa shape index (κ1) is 16.0. The monoisotopic (exact) mass is 335 g/mol. The van der Waals surface area contributed by atoms with Crippen LogP contribution in [0, 0.1) is 11.3 Å². The van der Waals surface area contributed by atoms with Gasteiger partial charge in [0.05, 0.1) is 16.9 Å². The normalized spacial score (nSPS) is 10.2. The second kappa shape index (κ2) is 7.11. The summed E-state index contributed by atoms with van der Waals surface area (Å²) < 4.78 is 0. The lowest BCUT2D eigenvalue weighted by Gasteiger charge is -2.19. The van der Waals surface area contributed by atoms with E-state index in [1.807, 2.05) is 60.6 Å². The quantitative estimate of drug-likeness (QED) is 0.754. The third-order valence-electron chi connectivity index (χ3n) is 3.55. The van der Waals surface area contributed by atoms with E-state index >= 15 is 0 Å². The van der Waals surface area contributed by atoms with Crippen LogP contribution in [0.1, 0.15) is 12.5 Å². The highest BCUT2D eigenvalue weighted by molar-refractivity contribution is 7.14. The van der Waals surface area contributed by atoms with Crippen molar-refractivity contribution in [1.82, 2.24) is 9.97 Å². The van der Waals surface area contributed by atoms with Gasteiger partial charge >= 0.3 is 0 Å². The molecule has 0 saturated heterocycles. The van der Waals surface area contributed by atoms with Gasteiger partial charge in [-0.15, -0.1) is 11.3 Å². The summed E-state index contributed by atoms with van der Waals surface area (Å²) in [5, 5.41) is 15.3. The summed E-state index contributed by atoms with van der Waals surface area (Å²) in [5.74, 6) is 0.746. The SMILES string of the molecule is CCNc1ncc(C#N)cc1N(C)c1nc(-c2ccccc2)cs1. The molecule has 3 rings (SSSR count). The molecule has 0 amide bonds. The van der Waals surface area contributed by atoms with Crippen molar-refractivity contribution in [2.45, 2.75) is 6.92 Å². The van der Waals surface area contributed by atoms with Gasteiger partial charge in [-0.3, -0.25) is 0 Å². The molecular formula is C18H17N5S. The Balaban J connectivity index is 1.96. The van der Waals surface area contributed by atoms with Crippen LogP contribution < -0.4 is 10.2 Å². The van der Waals surface area contributed by atoms with Crippen molar-refractivity contribution in [1.29, 1.82) is 5.26 Å². The van der Waals surface area contributed by atoms with Gasteiger partial charge in [0.15, 0.2) is 5.13 Å². The van der Waals surface area contributed by atoms with Gasteiger partial charge in [-0.1, -0.05) is 30.3 Å². The van der Waals surface area contributed by atoms with Crippen molar-refractivity contribution in [3.8, 4) is 17.3 Å². The largest absolute Gasteiger partial charge is 0.369 e. The molecule has 0 aliphatic rings. The Hall–Kier alpha value is -2.91. The van der Waals surface area contributed by atoms with Crippen LogP contribution in [0.5, 0.6) is 0 Å². The Bertz CT molecular complexity index is 867. The second-order valence-electron chi connectivity index (χ2n) is 5.17. The van der Waals surface area contributed by atoms with E-state index in [2.05, 4.69) is 16.4 Å². The average Bonchev–Trinajstić information content (AvgIpc) is 3.12. The van der Waals surface area contributed by atoms with Crippen LogP contribution in [-0.4, -0.2) is 23.6 Å². The van der Waals surface area contributed by atoms with Crippen LogP contribution in [0.4, 0.5) is 16.6 Å². The number of benzene rings is 1. The molecule has 0 atom stereocenters. The van der Waals surface area contributed by atoms with Crippen molar-refractivity contribution in [3.63, 3.8) is 0 Å². The first-order valence-electron chi connectivity index (χ1n) is 7.61. The van der Waals surface area contributed by atoms with Crippen molar-refractivity contribution in [2.75, 3.05) is 23.8 Å². The highest BCUT2D eigenvalue weighted by atomic mass is 32.1. The molecule has 5 nitrogen and oxygen atoms in total. The first-order chi connectivity index (χ1) is 11.7. The van der Waals surface area contributed by atoms with Crippen LogP contribution in [0.15, 0.2) is 48.0 Å². The Morgan fingerprint density at radius 3 is 2.79 bits per heavy atom. The van der Waals surface area contributed by atoms with Gasteiger partial charge in [-0.2, -0.15) is 5.26 Å². The van der Waals surface area contributed by atoms with E-state index in [0.29, 0.717) is 5.56 Å². The topological polar surface area (TPSA) is 64.8 Å². The standard InChI is InChI=1S/C18H17N5S/c1-3-20-17-16(9-13(10-19)11-21-17)23(2)18-22-15(12-24-18)14-7-5-4-6-8-14/h4-9,11-12H,3H2,1-2H3,(H,20,21). The predicted molar refractivity (Wildman–Crippen MR) is 98.7 cm³/mol. The van der Waals surface area contributed by atoms with Crippen molar-refractivity contribution < 1.29 is 0 Å². The minimum Gasteiger partial charge on any atom is -0.369 e. The van der Waals surface area contributed by atoms with E-state index in [-0.39, 0.29) is 0 Å². The molecule has 1 aromatic carbocycles. The summed E-state index contributed by atoms with van der Waals surface area (Å²) in [6.45, 7) is 2.77. The Labute approximate surface area is 145 Å². The molecule has 0 radical (unpaired) electrons. The predicted octanol–water partition coefficient (Wildman–Crippen LogP) is 4.28. The summed E-state index contributed by atoms with van der Waals surface area (Å²) in [6.07, 6.45) is 1.58. The molecule has 120 valence electrons. The minimum absolute atomic E-state index is 0.526. The lowest BCUT2D eigenvalue weighted by atomic mass is 10.2. The zero-order valence-electron chi connectivity index (χ0n) is 13.5. The number of thiazole rings is 1. The average molecular weight is 335 g/mol. The van der Waals surface area contributed by atoms with Gasteiger partial charge in [0.25, 0.3) is 0 Å². The van der Waals surface area contributed by atoms with Crippen LogP contribution in [-0.2, 0) is 0 Å². The number of anilines is 3. The molecule has 24 heavy (non-hydrogen) atoms. The van der Waals surface area contributed by atoms with Gasteiger partial charge in [-0.25, -0.2) is 9.97 Å². The fraction of sp³-hybridized carbons (Fsp3) is 0.167. The summed E-state index contributed by atoms with van der Waals surface area (Å²) in [6, 6.07) is 14.0. The van der Waals surface area contributed by atoms with Crippen LogP contribution in [0.2, 0.25) is 0 Å². The molecule has 0 aliphatic heterocycles. The fourth-order valence-corrected chi connectivity index (χ4v) is 3.15. The van der Waals surface area contributed by atoms with Crippen molar-refractivity contribution >= 4 is 28.0 Å². The molecule has 0 saturated carbocycles. The maximum absolute atomic E-state index is 9.15. The van der Waals surface area contributed by atoms with E-state index in [1.54, 1.807) is 17.5 Å². The number of hydrogen-bond donors (Lipinski definition) is 1. The molecule has 0 fully saturated rings. The number of nitriles is 1. The van der Waals surface area contributed by atoms with E-state index in [1.165, 1.54) is 0 Å². The summed E-state index contributed by atoms with van der Waals surface area (Å²) in [4.78, 5) is 11.0. The smallest absolute Gasteiger partial charge is 0.190 e. The van der Waals surface area contributed by atoms with Gasteiger partial charge < -0.3 is 10.2 Å². The van der Waals surface area contributed by atoms with E-state index in [0.717, 1.165) is 34.4 Å². The third-order valence-corrected chi connectivity index (χ3v) is 4.47. The Morgan fingerprint density at radius 1 is 1.29 bits per heavy atom. The zero-order chi connectivity index (χ0) is 16.9. The van der Waals surface area contributed by atoms with Gasteiger partial charge in [0.1, 0.15) is 11.9 Å². The number of rotatable bonds is 5. The van der Waals surface area contributed by atoms with Crippen molar-refractivity contribution in [2.24, 2.45) is 0 Å². The van der Waals surface area contributed by atoms with E-state index < -0.39 is 0 Å². The summed E-state index contributed by atoms with van der Waals surface area (Å²) in [7, 11) is 1.94. The maximum atomic E-state index is 9.15. The third kappa shape index (κ3) is 3.21. The van der Waals surface area contributed by atoms with Crippen LogP contribution in [0.25, 0.3) is 11.3 Å². The summed E-state index contributed by atoms with van der Waals surface area (Å²) >= 11 is 1.56. The maximum Gasteiger partial charge on any atom is 0.190 e. The van der Waals surface area contributed by atoms with Gasteiger partial charge in [0, 0.05) is 30.7 Å². The molecule has 6 heteroatoms. The van der Waals surface area contributed by atoms with E-state index in [9.17, 15) is 0 Å². The van der Waals surface area contributed by atoms with Crippen molar-refractivity contribution in [3.05, 3.63) is 53.5 Å². The molecule has 0 bridgehead atoms. The molecule has 1 N–H and O–H groups in total. The molecule has 0 aliphatic carbocycles. The van der Waals surface area contributed by atoms with E-state index in [4.69, 9.17) is 10.2 Å². The fourth-order valence-electron chi connectivity index (χ4n) is 2.34.